The predicted molar refractivity (Wildman–Crippen MR) is 99.8 cm³/mol. The van der Waals surface area contributed by atoms with Crippen LogP contribution in [0.15, 0.2) is 29.6 Å². The highest BCUT2D eigenvalue weighted by Crippen LogP contribution is 2.24. The van der Waals surface area contributed by atoms with Gasteiger partial charge in [-0.3, -0.25) is 9.69 Å². The number of aromatic amines is 1. The number of rotatable bonds is 4. The van der Waals surface area contributed by atoms with Crippen LogP contribution in [0.3, 0.4) is 0 Å². The smallest absolute Gasteiger partial charge is 0.276 e. The first-order valence-corrected chi connectivity index (χ1v) is 9.57. The van der Waals surface area contributed by atoms with Gasteiger partial charge in [-0.2, -0.15) is 15.4 Å². The van der Waals surface area contributed by atoms with Crippen molar-refractivity contribution in [3.63, 3.8) is 0 Å². The fourth-order valence-electron chi connectivity index (χ4n) is 3.08. The van der Waals surface area contributed by atoms with Gasteiger partial charge in [0, 0.05) is 43.7 Å². The van der Waals surface area contributed by atoms with Crippen molar-refractivity contribution >= 4 is 17.2 Å². The van der Waals surface area contributed by atoms with Gasteiger partial charge in [-0.05, 0) is 31.2 Å². The minimum Gasteiger partial charge on any atom is -0.335 e. The Hall–Kier alpha value is -2.65. The molecule has 4 rings (SSSR count). The van der Waals surface area contributed by atoms with Gasteiger partial charge in [0.05, 0.1) is 11.4 Å². The molecule has 0 bridgehead atoms. The molecule has 1 amide bonds. The second kappa shape index (κ2) is 7.53. The zero-order chi connectivity index (χ0) is 18.8. The number of aromatic nitrogens is 4. The molecule has 27 heavy (non-hydrogen) atoms. The fraction of sp³-hybridized carbons (Fsp3) is 0.333. The minimum atomic E-state index is -0.247. The van der Waals surface area contributed by atoms with E-state index < -0.39 is 0 Å². The van der Waals surface area contributed by atoms with Crippen LogP contribution in [0.25, 0.3) is 10.6 Å². The third-order valence-electron chi connectivity index (χ3n) is 4.61. The summed E-state index contributed by atoms with van der Waals surface area (Å²) in [5, 5.41) is 13.3. The van der Waals surface area contributed by atoms with Crippen LogP contribution in [-0.2, 0) is 6.54 Å². The Labute approximate surface area is 159 Å². The second-order valence-corrected chi connectivity index (χ2v) is 7.33. The molecule has 0 spiro atoms. The molecule has 1 aromatic carbocycles. The Morgan fingerprint density at radius 3 is 2.59 bits per heavy atom. The highest BCUT2D eigenvalue weighted by atomic mass is 32.1. The van der Waals surface area contributed by atoms with Crippen LogP contribution in [0.4, 0.5) is 4.39 Å². The van der Waals surface area contributed by atoms with Gasteiger partial charge in [-0.1, -0.05) is 0 Å². The number of benzene rings is 1. The summed E-state index contributed by atoms with van der Waals surface area (Å²) in [4.78, 5) is 21.2. The van der Waals surface area contributed by atoms with Crippen LogP contribution in [0.5, 0.6) is 0 Å². The van der Waals surface area contributed by atoms with E-state index in [2.05, 4.69) is 25.3 Å². The maximum atomic E-state index is 13.1. The molecule has 3 aromatic rings. The highest BCUT2D eigenvalue weighted by molar-refractivity contribution is 7.13. The summed E-state index contributed by atoms with van der Waals surface area (Å²) < 4.78 is 13.1. The zero-order valence-electron chi connectivity index (χ0n) is 14.9. The standard InChI is InChI=1S/C18H19FN6OS/c1-12-16(22-23-21-12)18(26)25-8-6-24(7-9-25)10-15-11-27-17(20-15)13-2-4-14(19)5-3-13/h2-5,11H,6-10H2,1H3,(H,21,22,23). The lowest BCUT2D eigenvalue weighted by molar-refractivity contribution is 0.0621. The van der Waals surface area contributed by atoms with E-state index in [4.69, 9.17) is 0 Å². The Morgan fingerprint density at radius 1 is 1.19 bits per heavy atom. The maximum absolute atomic E-state index is 13.1. The molecule has 0 saturated carbocycles. The monoisotopic (exact) mass is 386 g/mol. The number of piperazine rings is 1. The molecule has 140 valence electrons. The zero-order valence-corrected chi connectivity index (χ0v) is 15.7. The fourth-order valence-corrected chi connectivity index (χ4v) is 3.90. The van der Waals surface area contributed by atoms with E-state index in [0.717, 1.165) is 35.9 Å². The molecule has 0 unspecified atom stereocenters. The number of carbonyl (C=O) groups excluding carboxylic acids is 1. The lowest BCUT2D eigenvalue weighted by Gasteiger charge is -2.34. The summed E-state index contributed by atoms with van der Waals surface area (Å²) in [7, 11) is 0. The number of amides is 1. The van der Waals surface area contributed by atoms with Crippen molar-refractivity contribution in [2.24, 2.45) is 0 Å². The van der Waals surface area contributed by atoms with Gasteiger partial charge in [0.15, 0.2) is 5.69 Å². The van der Waals surface area contributed by atoms with Crippen molar-refractivity contribution in [2.75, 3.05) is 26.2 Å². The molecule has 0 aliphatic carbocycles. The molecular formula is C18H19FN6OS. The van der Waals surface area contributed by atoms with E-state index in [0.29, 0.717) is 24.5 Å². The first-order valence-electron chi connectivity index (χ1n) is 8.69. The number of hydrogen-bond acceptors (Lipinski definition) is 6. The molecule has 9 heteroatoms. The number of halogens is 1. The van der Waals surface area contributed by atoms with Crippen molar-refractivity contribution in [3.05, 3.63) is 52.5 Å². The van der Waals surface area contributed by atoms with Gasteiger partial charge in [0.2, 0.25) is 0 Å². The number of aryl methyl sites for hydroxylation is 1. The average molecular weight is 386 g/mol. The minimum absolute atomic E-state index is 0.0758. The average Bonchev–Trinajstić information content (AvgIpc) is 3.31. The molecule has 0 atom stereocenters. The van der Waals surface area contributed by atoms with Crippen LogP contribution in [0.2, 0.25) is 0 Å². The Bertz CT molecular complexity index is 929. The van der Waals surface area contributed by atoms with Gasteiger partial charge < -0.3 is 4.90 Å². The van der Waals surface area contributed by atoms with Crippen LogP contribution in [0.1, 0.15) is 21.9 Å². The van der Waals surface area contributed by atoms with Crippen molar-refractivity contribution in [1.82, 2.24) is 30.2 Å². The molecule has 0 radical (unpaired) electrons. The molecule has 1 fully saturated rings. The number of carbonyl (C=O) groups is 1. The Balaban J connectivity index is 1.34. The van der Waals surface area contributed by atoms with Crippen LogP contribution in [0, 0.1) is 12.7 Å². The molecule has 1 N–H and O–H groups in total. The van der Waals surface area contributed by atoms with E-state index in [1.807, 2.05) is 10.3 Å². The molecule has 2 aromatic heterocycles. The van der Waals surface area contributed by atoms with E-state index in [1.54, 1.807) is 30.4 Å². The Kier molecular flexibility index (Phi) is 4.95. The summed E-state index contributed by atoms with van der Waals surface area (Å²) in [6.07, 6.45) is 0. The summed E-state index contributed by atoms with van der Waals surface area (Å²) in [5.41, 5.74) is 2.93. The number of thiazole rings is 1. The lowest BCUT2D eigenvalue weighted by atomic mass is 10.2. The second-order valence-electron chi connectivity index (χ2n) is 6.48. The van der Waals surface area contributed by atoms with Crippen LogP contribution < -0.4 is 0 Å². The molecular weight excluding hydrogens is 367 g/mol. The first kappa shape index (κ1) is 17.7. The third kappa shape index (κ3) is 3.88. The van der Waals surface area contributed by atoms with Gasteiger partial charge in [-0.15, -0.1) is 11.3 Å². The highest BCUT2D eigenvalue weighted by Gasteiger charge is 2.25. The predicted octanol–water partition coefficient (Wildman–Crippen LogP) is 2.33. The normalized spacial score (nSPS) is 15.3. The van der Waals surface area contributed by atoms with Gasteiger partial charge in [0.25, 0.3) is 5.91 Å². The number of nitrogens with zero attached hydrogens (tertiary/aromatic N) is 5. The van der Waals surface area contributed by atoms with Crippen LogP contribution in [-0.4, -0.2) is 62.3 Å². The SMILES string of the molecule is Cc1n[nH]nc1C(=O)N1CCN(Cc2csc(-c3ccc(F)cc3)n2)CC1. The molecule has 3 heterocycles. The number of hydrogen-bond donors (Lipinski definition) is 1. The van der Waals surface area contributed by atoms with Crippen LogP contribution >= 0.6 is 11.3 Å². The topological polar surface area (TPSA) is 78.0 Å². The quantitative estimate of drug-likeness (QED) is 0.745. The third-order valence-corrected chi connectivity index (χ3v) is 5.55. The maximum Gasteiger partial charge on any atom is 0.276 e. The molecule has 1 saturated heterocycles. The number of H-pyrrole nitrogens is 1. The number of nitrogens with one attached hydrogen (secondary N) is 1. The summed E-state index contributed by atoms with van der Waals surface area (Å²) in [6, 6.07) is 6.38. The van der Waals surface area contributed by atoms with Gasteiger partial charge >= 0.3 is 0 Å². The molecule has 1 aliphatic rings. The summed E-state index contributed by atoms with van der Waals surface area (Å²) in [6.45, 7) is 5.38. The van der Waals surface area contributed by atoms with Gasteiger partial charge in [-0.25, -0.2) is 9.37 Å². The van der Waals surface area contributed by atoms with Crippen molar-refractivity contribution < 1.29 is 9.18 Å². The van der Waals surface area contributed by atoms with E-state index in [9.17, 15) is 9.18 Å². The molecule has 7 nitrogen and oxygen atoms in total. The van der Waals surface area contributed by atoms with E-state index >= 15 is 0 Å². The lowest BCUT2D eigenvalue weighted by Crippen LogP contribution is -2.48. The van der Waals surface area contributed by atoms with E-state index in [1.165, 1.54) is 12.1 Å². The summed E-state index contributed by atoms with van der Waals surface area (Å²) >= 11 is 1.56. The van der Waals surface area contributed by atoms with Gasteiger partial charge in [0.1, 0.15) is 10.8 Å². The largest absolute Gasteiger partial charge is 0.335 e. The Morgan fingerprint density at radius 2 is 1.93 bits per heavy atom. The van der Waals surface area contributed by atoms with Crippen molar-refractivity contribution in [3.8, 4) is 10.6 Å². The first-order chi connectivity index (χ1) is 13.1. The van der Waals surface area contributed by atoms with Crippen molar-refractivity contribution in [1.29, 1.82) is 0 Å². The van der Waals surface area contributed by atoms with Crippen molar-refractivity contribution in [2.45, 2.75) is 13.5 Å². The molecule has 1 aliphatic heterocycles. The summed E-state index contributed by atoms with van der Waals surface area (Å²) in [5.74, 6) is -0.322. The van der Waals surface area contributed by atoms with E-state index in [-0.39, 0.29) is 11.7 Å².